The Balaban J connectivity index is 2.03. The second kappa shape index (κ2) is 4.51. The van der Waals surface area contributed by atoms with Gasteiger partial charge in [-0.3, -0.25) is 4.98 Å². The Morgan fingerprint density at radius 3 is 2.95 bits per heavy atom. The van der Waals surface area contributed by atoms with Crippen LogP contribution in [-0.2, 0) is 9.53 Å². The molecule has 1 aromatic carbocycles. The van der Waals surface area contributed by atoms with Gasteiger partial charge in [0.1, 0.15) is 0 Å². The summed E-state index contributed by atoms with van der Waals surface area (Å²) in [4.78, 5) is 15.8. The smallest absolute Gasteiger partial charge is 0.331 e. The lowest BCUT2D eigenvalue weighted by atomic mass is 9.98. The highest BCUT2D eigenvalue weighted by Gasteiger charge is 2.42. The number of benzene rings is 1. The predicted molar refractivity (Wildman–Crippen MR) is 71.2 cm³/mol. The van der Waals surface area contributed by atoms with E-state index in [-0.39, 0.29) is 6.61 Å². The lowest BCUT2D eigenvalue weighted by Gasteiger charge is -2.25. The predicted octanol–water partition coefficient (Wildman–Crippen LogP) is 1.89. The zero-order valence-corrected chi connectivity index (χ0v) is 10.3. The molecule has 0 saturated carbocycles. The first-order valence-corrected chi connectivity index (χ1v) is 6.14. The molecule has 1 saturated heterocycles. The summed E-state index contributed by atoms with van der Waals surface area (Å²) in [6, 6.07) is 9.44. The topological polar surface area (TPSA) is 71.5 Å². The summed E-state index contributed by atoms with van der Waals surface area (Å²) in [5.41, 5.74) is 0.579. The van der Waals surface area contributed by atoms with Gasteiger partial charge in [-0.25, -0.2) is 4.79 Å². The minimum Gasteiger partial charge on any atom is -0.479 e. The number of ether oxygens (including phenoxy) is 1. The van der Waals surface area contributed by atoms with Gasteiger partial charge in [0.25, 0.3) is 0 Å². The van der Waals surface area contributed by atoms with Crippen LogP contribution in [-0.4, -0.2) is 34.8 Å². The summed E-state index contributed by atoms with van der Waals surface area (Å²) in [7, 11) is 0. The van der Waals surface area contributed by atoms with Gasteiger partial charge >= 0.3 is 5.97 Å². The van der Waals surface area contributed by atoms with E-state index in [0.717, 1.165) is 16.6 Å². The molecule has 5 nitrogen and oxygen atoms in total. The van der Waals surface area contributed by atoms with Crippen molar-refractivity contribution in [3.8, 4) is 0 Å². The zero-order valence-electron chi connectivity index (χ0n) is 10.3. The van der Waals surface area contributed by atoms with Gasteiger partial charge in [-0.1, -0.05) is 18.2 Å². The summed E-state index contributed by atoms with van der Waals surface area (Å²) < 4.78 is 5.25. The maximum absolute atomic E-state index is 11.5. The van der Waals surface area contributed by atoms with E-state index in [4.69, 9.17) is 4.74 Å². The molecule has 98 valence electrons. The summed E-state index contributed by atoms with van der Waals surface area (Å²) in [5.74, 6) is -0.883. The van der Waals surface area contributed by atoms with Crippen LogP contribution in [0.1, 0.15) is 6.42 Å². The first kappa shape index (κ1) is 11.9. The van der Waals surface area contributed by atoms with Gasteiger partial charge in [-0.2, -0.15) is 0 Å². The Bertz CT molecular complexity index is 616. The van der Waals surface area contributed by atoms with Crippen molar-refractivity contribution < 1.29 is 14.6 Å². The third-order valence-corrected chi connectivity index (χ3v) is 3.45. The van der Waals surface area contributed by atoms with Crippen LogP contribution in [0.15, 0.2) is 36.5 Å². The van der Waals surface area contributed by atoms with Crippen molar-refractivity contribution in [2.45, 2.75) is 12.0 Å². The highest BCUT2D eigenvalue weighted by Crippen LogP contribution is 2.29. The number of anilines is 1. The fraction of sp³-hybridized carbons (Fsp3) is 0.286. The number of fused-ring (bicyclic) bond motifs is 1. The van der Waals surface area contributed by atoms with E-state index in [9.17, 15) is 9.90 Å². The van der Waals surface area contributed by atoms with E-state index in [1.807, 2.05) is 24.3 Å². The van der Waals surface area contributed by atoms with Crippen LogP contribution in [0.2, 0.25) is 0 Å². The van der Waals surface area contributed by atoms with Crippen LogP contribution >= 0.6 is 0 Å². The number of nitrogens with zero attached hydrogens (tertiary/aromatic N) is 1. The third kappa shape index (κ3) is 2.02. The summed E-state index contributed by atoms with van der Waals surface area (Å²) in [6.45, 7) is 0.640. The molecule has 0 bridgehead atoms. The van der Waals surface area contributed by atoms with Crippen molar-refractivity contribution in [2.24, 2.45) is 0 Å². The van der Waals surface area contributed by atoms with Gasteiger partial charge in [-0.15, -0.1) is 0 Å². The molecule has 1 aliphatic rings. The van der Waals surface area contributed by atoms with Crippen molar-refractivity contribution in [3.05, 3.63) is 36.5 Å². The second-order valence-corrected chi connectivity index (χ2v) is 4.69. The number of hydrogen-bond acceptors (Lipinski definition) is 4. The molecule has 0 amide bonds. The van der Waals surface area contributed by atoms with E-state index < -0.39 is 11.5 Å². The number of aliphatic carboxylic acids is 1. The second-order valence-electron chi connectivity index (χ2n) is 4.69. The Morgan fingerprint density at radius 2 is 2.21 bits per heavy atom. The molecule has 2 aromatic rings. The fourth-order valence-electron chi connectivity index (χ4n) is 2.35. The number of carbonyl (C=O) groups is 1. The summed E-state index contributed by atoms with van der Waals surface area (Å²) in [5, 5.41) is 13.5. The first-order valence-electron chi connectivity index (χ1n) is 6.14. The average molecular weight is 258 g/mol. The maximum Gasteiger partial charge on any atom is 0.331 e. The van der Waals surface area contributed by atoms with Crippen LogP contribution in [0.4, 0.5) is 5.69 Å². The van der Waals surface area contributed by atoms with Gasteiger partial charge < -0.3 is 15.2 Å². The minimum absolute atomic E-state index is 0.180. The van der Waals surface area contributed by atoms with E-state index in [1.54, 1.807) is 12.3 Å². The van der Waals surface area contributed by atoms with Gasteiger partial charge in [-0.05, 0) is 12.1 Å². The highest BCUT2D eigenvalue weighted by atomic mass is 16.5. The Labute approximate surface area is 110 Å². The van der Waals surface area contributed by atoms with Crippen LogP contribution < -0.4 is 5.32 Å². The molecule has 3 rings (SSSR count). The molecule has 0 aliphatic carbocycles. The fourth-order valence-corrected chi connectivity index (χ4v) is 2.35. The number of nitrogens with one attached hydrogen (secondary N) is 1. The normalized spacial score (nSPS) is 22.5. The van der Waals surface area contributed by atoms with Crippen LogP contribution in [0.5, 0.6) is 0 Å². The number of para-hydroxylation sites is 1. The molecule has 0 spiro atoms. The van der Waals surface area contributed by atoms with Crippen molar-refractivity contribution >= 4 is 22.6 Å². The number of pyridine rings is 1. The average Bonchev–Trinajstić information content (AvgIpc) is 2.89. The molecular formula is C14H14N2O3. The number of carboxylic acids is 1. The van der Waals surface area contributed by atoms with Crippen molar-refractivity contribution in [1.29, 1.82) is 0 Å². The zero-order chi connectivity index (χ0) is 13.3. The van der Waals surface area contributed by atoms with Gasteiger partial charge in [0, 0.05) is 30.3 Å². The monoisotopic (exact) mass is 258 g/mol. The van der Waals surface area contributed by atoms with Crippen LogP contribution in [0.25, 0.3) is 10.9 Å². The third-order valence-electron chi connectivity index (χ3n) is 3.45. The standard InChI is InChI=1S/C14H14N2O3/c17-13(18)14(6-8-19-9-14)16-12-5-7-15-11-4-2-1-3-10(11)12/h1-5,7H,6,8-9H2,(H,15,16)(H,17,18). The molecule has 1 fully saturated rings. The van der Waals surface area contributed by atoms with E-state index >= 15 is 0 Å². The molecule has 0 radical (unpaired) electrons. The van der Waals surface area contributed by atoms with Crippen molar-refractivity contribution in [3.63, 3.8) is 0 Å². The first-order chi connectivity index (χ1) is 9.21. The molecule has 1 unspecified atom stereocenters. The lowest BCUT2D eigenvalue weighted by molar-refractivity contribution is -0.142. The Kier molecular flexibility index (Phi) is 2.83. The lowest BCUT2D eigenvalue weighted by Crippen LogP contribution is -2.47. The molecule has 1 aliphatic heterocycles. The van der Waals surface area contributed by atoms with Gasteiger partial charge in [0.2, 0.25) is 0 Å². The SMILES string of the molecule is O=C(O)C1(Nc2ccnc3ccccc23)CCOC1. The van der Waals surface area contributed by atoms with Crippen LogP contribution in [0.3, 0.4) is 0 Å². The van der Waals surface area contributed by atoms with E-state index in [2.05, 4.69) is 10.3 Å². The van der Waals surface area contributed by atoms with Gasteiger partial charge in [0.15, 0.2) is 5.54 Å². The molecule has 2 heterocycles. The Morgan fingerprint density at radius 1 is 1.37 bits per heavy atom. The number of aromatic nitrogens is 1. The summed E-state index contributed by atoms with van der Waals surface area (Å²) >= 11 is 0. The maximum atomic E-state index is 11.5. The van der Waals surface area contributed by atoms with Crippen LogP contribution in [0, 0.1) is 0 Å². The molecule has 1 aromatic heterocycles. The molecule has 2 N–H and O–H groups in total. The quantitative estimate of drug-likeness (QED) is 0.879. The minimum atomic E-state index is -1.04. The number of carboxylic acid groups (broad SMARTS) is 1. The molecule has 1 atom stereocenters. The van der Waals surface area contributed by atoms with Gasteiger partial charge in [0.05, 0.1) is 12.1 Å². The summed E-state index contributed by atoms with van der Waals surface area (Å²) in [6.07, 6.45) is 2.13. The molecular weight excluding hydrogens is 244 g/mol. The Hall–Kier alpha value is -2.14. The number of hydrogen-bond donors (Lipinski definition) is 2. The van der Waals surface area contributed by atoms with Crippen molar-refractivity contribution in [1.82, 2.24) is 4.98 Å². The number of rotatable bonds is 3. The van der Waals surface area contributed by atoms with E-state index in [1.165, 1.54) is 0 Å². The van der Waals surface area contributed by atoms with Crippen molar-refractivity contribution in [2.75, 3.05) is 18.5 Å². The van der Waals surface area contributed by atoms with E-state index in [0.29, 0.717) is 13.0 Å². The highest BCUT2D eigenvalue weighted by molar-refractivity contribution is 5.94. The largest absolute Gasteiger partial charge is 0.479 e. The molecule has 19 heavy (non-hydrogen) atoms. The molecule has 5 heteroatoms.